The first-order chi connectivity index (χ1) is 9.63. The Morgan fingerprint density at radius 3 is 2.90 bits per heavy atom. The molecule has 0 saturated carbocycles. The highest BCUT2D eigenvalue weighted by Crippen LogP contribution is 2.26. The van der Waals surface area contributed by atoms with Gasteiger partial charge < -0.3 is 0 Å². The van der Waals surface area contributed by atoms with Gasteiger partial charge in [-0.05, 0) is 36.9 Å². The maximum absolute atomic E-state index is 8.60. The van der Waals surface area contributed by atoms with Crippen LogP contribution in [-0.4, -0.2) is 21.2 Å². The molecule has 0 atom stereocenters. The second kappa shape index (κ2) is 6.46. The molecule has 0 fully saturated rings. The van der Waals surface area contributed by atoms with Crippen molar-refractivity contribution in [1.29, 1.82) is 5.26 Å². The van der Waals surface area contributed by atoms with Crippen LogP contribution in [0.1, 0.15) is 5.56 Å². The average Bonchev–Trinajstić information content (AvgIpc) is 2.85. The van der Waals surface area contributed by atoms with Gasteiger partial charge in [-0.25, -0.2) is 9.67 Å². The molecular weight excluding hydrogens is 294 g/mol. The summed E-state index contributed by atoms with van der Waals surface area (Å²) in [7, 11) is 0. The minimum Gasteiger partial charge on any atom is -0.271 e. The quantitative estimate of drug-likeness (QED) is 0.400. The van der Waals surface area contributed by atoms with Gasteiger partial charge in [-0.1, -0.05) is 23.4 Å². The van der Waals surface area contributed by atoms with E-state index >= 15 is 0 Å². The van der Waals surface area contributed by atoms with Crippen LogP contribution >= 0.6 is 23.4 Å². The van der Waals surface area contributed by atoms with E-state index < -0.39 is 0 Å². The Bertz CT molecular complexity index is 686. The summed E-state index contributed by atoms with van der Waals surface area (Å²) in [5, 5.41) is 16.4. The molecular formula is C13H12ClN5S. The molecule has 0 aliphatic carbocycles. The Morgan fingerprint density at radius 2 is 2.35 bits per heavy atom. The molecule has 1 aromatic carbocycles. The molecule has 1 heterocycles. The Kier molecular flexibility index (Phi) is 4.66. The summed E-state index contributed by atoms with van der Waals surface area (Å²) in [5.41, 5.74) is 2.53. The lowest BCUT2D eigenvalue weighted by Crippen LogP contribution is -2.12. The Morgan fingerprint density at radius 1 is 1.55 bits per heavy atom. The van der Waals surface area contributed by atoms with Crippen molar-refractivity contribution in [3.8, 4) is 11.9 Å². The SMILES string of the molecule is CSC(=Nc1ccc(-n2cc(C)cn2)c(Cl)c1)NC#N. The molecule has 1 N–H and O–H groups in total. The van der Waals surface area contributed by atoms with Gasteiger partial charge in [-0.3, -0.25) is 5.32 Å². The molecule has 0 aliphatic rings. The molecule has 5 nitrogen and oxygen atoms in total. The van der Waals surface area contributed by atoms with Crippen LogP contribution in [-0.2, 0) is 0 Å². The Balaban J connectivity index is 2.33. The minimum atomic E-state index is 0.520. The monoisotopic (exact) mass is 305 g/mol. The summed E-state index contributed by atoms with van der Waals surface area (Å²) in [6.07, 6.45) is 7.35. The number of rotatable bonds is 2. The lowest BCUT2D eigenvalue weighted by molar-refractivity contribution is 0.880. The van der Waals surface area contributed by atoms with Crippen LogP contribution in [0.3, 0.4) is 0 Å². The summed E-state index contributed by atoms with van der Waals surface area (Å²) in [6, 6.07) is 5.41. The fraction of sp³-hybridized carbons (Fsp3) is 0.154. The van der Waals surface area contributed by atoms with E-state index in [0.717, 1.165) is 11.3 Å². The minimum absolute atomic E-state index is 0.520. The van der Waals surface area contributed by atoms with Gasteiger partial charge >= 0.3 is 0 Å². The number of hydrogen-bond donors (Lipinski definition) is 1. The summed E-state index contributed by atoms with van der Waals surface area (Å²) in [6.45, 7) is 1.97. The van der Waals surface area contributed by atoms with Crippen molar-refractivity contribution in [1.82, 2.24) is 15.1 Å². The molecule has 0 unspecified atom stereocenters. The number of nitrogens with one attached hydrogen (secondary N) is 1. The molecule has 2 rings (SSSR count). The molecule has 2 aromatic rings. The number of aromatic nitrogens is 2. The number of thioether (sulfide) groups is 1. The van der Waals surface area contributed by atoms with E-state index in [1.807, 2.05) is 37.7 Å². The highest BCUT2D eigenvalue weighted by Gasteiger charge is 2.06. The highest BCUT2D eigenvalue weighted by molar-refractivity contribution is 8.13. The average molecular weight is 306 g/mol. The number of amidine groups is 1. The van der Waals surface area contributed by atoms with Gasteiger partial charge in [-0.15, -0.1) is 0 Å². The number of nitriles is 1. The number of halogens is 1. The topological polar surface area (TPSA) is 66.0 Å². The van der Waals surface area contributed by atoms with Gasteiger partial charge in [0.05, 0.1) is 22.6 Å². The third-order valence-corrected chi connectivity index (χ3v) is 3.36. The summed E-state index contributed by atoms with van der Waals surface area (Å²) in [4.78, 5) is 4.30. The van der Waals surface area contributed by atoms with Crippen LogP contribution in [0.2, 0.25) is 5.02 Å². The predicted molar refractivity (Wildman–Crippen MR) is 82.7 cm³/mol. The van der Waals surface area contributed by atoms with Crippen molar-refractivity contribution in [3.63, 3.8) is 0 Å². The summed E-state index contributed by atoms with van der Waals surface area (Å²) in [5.74, 6) is 0. The predicted octanol–water partition coefficient (Wildman–Crippen LogP) is 3.26. The second-order valence-corrected chi connectivity index (χ2v) is 5.16. The molecule has 0 amide bonds. The number of aryl methyl sites for hydroxylation is 1. The van der Waals surface area contributed by atoms with E-state index in [0.29, 0.717) is 15.9 Å². The summed E-state index contributed by atoms with van der Waals surface area (Å²) < 4.78 is 1.72. The van der Waals surface area contributed by atoms with E-state index in [1.54, 1.807) is 16.9 Å². The zero-order valence-electron chi connectivity index (χ0n) is 11.0. The first-order valence-electron chi connectivity index (χ1n) is 5.73. The van der Waals surface area contributed by atoms with Crippen LogP contribution in [0.25, 0.3) is 5.69 Å². The van der Waals surface area contributed by atoms with Crippen LogP contribution in [0, 0.1) is 18.4 Å². The highest BCUT2D eigenvalue weighted by atomic mass is 35.5. The molecule has 0 radical (unpaired) electrons. The van der Waals surface area contributed by atoms with Crippen molar-refractivity contribution in [3.05, 3.63) is 41.2 Å². The van der Waals surface area contributed by atoms with Crippen molar-refractivity contribution in [2.75, 3.05) is 6.26 Å². The number of nitrogens with zero attached hydrogens (tertiary/aromatic N) is 4. The number of benzene rings is 1. The van der Waals surface area contributed by atoms with Crippen molar-refractivity contribution >= 4 is 34.2 Å². The van der Waals surface area contributed by atoms with E-state index in [-0.39, 0.29) is 0 Å². The lowest BCUT2D eigenvalue weighted by atomic mass is 10.3. The van der Waals surface area contributed by atoms with Gasteiger partial charge in [-0.2, -0.15) is 10.4 Å². The van der Waals surface area contributed by atoms with Crippen LogP contribution in [0.5, 0.6) is 0 Å². The maximum atomic E-state index is 8.60. The van der Waals surface area contributed by atoms with Crippen LogP contribution in [0.15, 0.2) is 35.6 Å². The molecule has 20 heavy (non-hydrogen) atoms. The molecule has 0 aliphatic heterocycles. The molecule has 0 saturated heterocycles. The van der Waals surface area contributed by atoms with Crippen molar-refractivity contribution in [2.45, 2.75) is 6.92 Å². The molecule has 102 valence electrons. The van der Waals surface area contributed by atoms with Crippen molar-refractivity contribution in [2.24, 2.45) is 4.99 Å². The third-order valence-electron chi connectivity index (χ3n) is 2.48. The number of aliphatic imine (C=N–C) groups is 1. The third kappa shape index (κ3) is 3.32. The van der Waals surface area contributed by atoms with Gasteiger partial charge in [0.1, 0.15) is 0 Å². The molecule has 7 heteroatoms. The van der Waals surface area contributed by atoms with Crippen LogP contribution in [0.4, 0.5) is 5.69 Å². The van der Waals surface area contributed by atoms with Gasteiger partial charge in [0.25, 0.3) is 0 Å². The van der Waals surface area contributed by atoms with Gasteiger partial charge in [0.15, 0.2) is 11.4 Å². The number of hydrogen-bond acceptors (Lipinski definition) is 4. The normalized spacial score (nSPS) is 11.2. The molecule has 1 aromatic heterocycles. The fourth-order valence-electron chi connectivity index (χ4n) is 1.59. The maximum Gasteiger partial charge on any atom is 0.183 e. The van der Waals surface area contributed by atoms with Crippen LogP contribution < -0.4 is 5.32 Å². The molecule has 0 bridgehead atoms. The Labute approximate surface area is 126 Å². The lowest BCUT2D eigenvalue weighted by Gasteiger charge is -2.06. The summed E-state index contributed by atoms with van der Waals surface area (Å²) >= 11 is 7.61. The second-order valence-electron chi connectivity index (χ2n) is 3.96. The Hall–Kier alpha value is -1.97. The fourth-order valence-corrected chi connectivity index (χ4v) is 2.19. The smallest absolute Gasteiger partial charge is 0.183 e. The van der Waals surface area contributed by atoms with Gasteiger partial charge in [0, 0.05) is 6.20 Å². The zero-order chi connectivity index (χ0) is 14.5. The van der Waals surface area contributed by atoms with E-state index in [4.69, 9.17) is 16.9 Å². The van der Waals surface area contributed by atoms with E-state index in [1.165, 1.54) is 11.8 Å². The van der Waals surface area contributed by atoms with E-state index in [2.05, 4.69) is 15.4 Å². The van der Waals surface area contributed by atoms with Gasteiger partial charge in [0.2, 0.25) is 0 Å². The first-order valence-corrected chi connectivity index (χ1v) is 7.33. The molecule has 0 spiro atoms. The largest absolute Gasteiger partial charge is 0.271 e. The zero-order valence-corrected chi connectivity index (χ0v) is 12.5. The standard InChI is InChI=1S/C13H12ClN5S/c1-9-6-17-19(7-9)12-4-3-10(5-11(12)14)18-13(20-2)16-8-15/h3-7H,1-2H3,(H,16,18). The first kappa shape index (κ1) is 14.4. The van der Waals surface area contributed by atoms with E-state index in [9.17, 15) is 0 Å². The van der Waals surface area contributed by atoms with Crippen molar-refractivity contribution < 1.29 is 0 Å².